The Morgan fingerprint density at radius 1 is 1.50 bits per heavy atom. The zero-order chi connectivity index (χ0) is 14.4. The van der Waals surface area contributed by atoms with E-state index in [9.17, 15) is 13.2 Å². The van der Waals surface area contributed by atoms with Crippen molar-refractivity contribution in [3.63, 3.8) is 0 Å². The van der Waals surface area contributed by atoms with Crippen LogP contribution in [-0.4, -0.2) is 42.8 Å². The first kappa shape index (κ1) is 14.0. The number of thiophene rings is 1. The summed E-state index contributed by atoms with van der Waals surface area (Å²) in [5.41, 5.74) is 0.629. The third-order valence-corrected chi connectivity index (χ3v) is 6.47. The fraction of sp³-hybridized carbons (Fsp3) is 0.615. The largest absolute Gasteiger partial charge is 0.320 e. The lowest BCUT2D eigenvalue weighted by Crippen LogP contribution is -2.35. The fourth-order valence-corrected chi connectivity index (χ4v) is 4.03. The molecule has 0 bridgehead atoms. The molecule has 1 unspecified atom stereocenters. The van der Waals surface area contributed by atoms with E-state index in [1.807, 2.05) is 16.8 Å². The quantitative estimate of drug-likeness (QED) is 0.885. The highest BCUT2D eigenvalue weighted by Crippen LogP contribution is 2.46. The molecule has 1 saturated heterocycles. The number of amides is 1. The molecule has 3 rings (SSSR count). The summed E-state index contributed by atoms with van der Waals surface area (Å²) in [6, 6.07) is 1.98. The van der Waals surface area contributed by atoms with Gasteiger partial charge in [-0.1, -0.05) is 6.92 Å². The summed E-state index contributed by atoms with van der Waals surface area (Å²) in [4.78, 5) is 14.2. The molecule has 1 saturated carbocycles. The summed E-state index contributed by atoms with van der Waals surface area (Å²) < 4.78 is 23.4. The number of nitrogens with one attached hydrogen (secondary N) is 1. The molecule has 0 aromatic carbocycles. The van der Waals surface area contributed by atoms with Crippen LogP contribution in [-0.2, 0) is 14.6 Å². The second-order valence-corrected chi connectivity index (χ2v) is 8.67. The van der Waals surface area contributed by atoms with Crippen LogP contribution in [0.15, 0.2) is 16.8 Å². The number of nitrogens with zero attached hydrogens (tertiary/aromatic N) is 1. The summed E-state index contributed by atoms with van der Waals surface area (Å²) in [6.45, 7) is 1.91. The summed E-state index contributed by atoms with van der Waals surface area (Å²) in [5.74, 6) is 0.213. The Bertz CT molecular complexity index is 606. The molecule has 1 spiro atoms. The summed E-state index contributed by atoms with van der Waals surface area (Å²) in [6.07, 6.45) is 1.52. The third-order valence-electron chi connectivity index (χ3n) is 4.09. The number of rotatable bonds is 5. The predicted molar refractivity (Wildman–Crippen MR) is 78.2 cm³/mol. The van der Waals surface area contributed by atoms with E-state index >= 15 is 0 Å². The molecule has 1 N–H and O–H groups in total. The molecular formula is C13H18N2O3S2. The van der Waals surface area contributed by atoms with Gasteiger partial charge in [0.2, 0.25) is 5.91 Å². The molecule has 1 aliphatic carbocycles. The maximum Gasteiger partial charge on any atom is 0.244 e. The van der Waals surface area contributed by atoms with Crippen molar-refractivity contribution >= 4 is 27.1 Å². The SMILES string of the molecule is CCS(=O)(=O)CCN1C(=O)C2(CC2)NC1c1ccsc1. The molecule has 20 heavy (non-hydrogen) atoms. The van der Waals surface area contributed by atoms with E-state index in [4.69, 9.17) is 0 Å². The molecule has 2 aliphatic rings. The van der Waals surface area contributed by atoms with Gasteiger partial charge >= 0.3 is 0 Å². The number of carbonyl (C=O) groups excluding carboxylic acids is 1. The van der Waals surface area contributed by atoms with E-state index in [-0.39, 0.29) is 30.1 Å². The molecule has 2 heterocycles. The zero-order valence-electron chi connectivity index (χ0n) is 11.3. The highest BCUT2D eigenvalue weighted by Gasteiger charge is 2.59. The smallest absolute Gasteiger partial charge is 0.244 e. The predicted octanol–water partition coefficient (Wildman–Crippen LogP) is 1.15. The minimum atomic E-state index is -3.06. The monoisotopic (exact) mass is 314 g/mol. The minimum absolute atomic E-state index is 0.0354. The van der Waals surface area contributed by atoms with Gasteiger partial charge in [0.05, 0.1) is 5.75 Å². The van der Waals surface area contributed by atoms with E-state index in [1.165, 1.54) is 0 Å². The molecule has 1 aromatic rings. The second kappa shape index (κ2) is 4.82. The van der Waals surface area contributed by atoms with E-state index in [2.05, 4.69) is 5.32 Å². The Morgan fingerprint density at radius 3 is 2.80 bits per heavy atom. The molecule has 2 fully saturated rings. The van der Waals surface area contributed by atoms with Crippen molar-refractivity contribution in [3.8, 4) is 0 Å². The van der Waals surface area contributed by atoms with Crippen molar-refractivity contribution < 1.29 is 13.2 Å². The van der Waals surface area contributed by atoms with Gasteiger partial charge in [0, 0.05) is 12.3 Å². The van der Waals surface area contributed by atoms with Crippen molar-refractivity contribution in [2.24, 2.45) is 0 Å². The van der Waals surface area contributed by atoms with Crippen LogP contribution < -0.4 is 5.32 Å². The topological polar surface area (TPSA) is 66.5 Å². The number of carbonyl (C=O) groups is 1. The first-order chi connectivity index (χ1) is 9.47. The lowest BCUT2D eigenvalue weighted by molar-refractivity contribution is -0.130. The lowest BCUT2D eigenvalue weighted by Gasteiger charge is -2.23. The first-order valence-corrected chi connectivity index (χ1v) is 9.55. The lowest BCUT2D eigenvalue weighted by atomic mass is 10.2. The van der Waals surface area contributed by atoms with Crippen molar-refractivity contribution in [1.82, 2.24) is 10.2 Å². The van der Waals surface area contributed by atoms with Gasteiger partial charge in [-0.3, -0.25) is 10.1 Å². The van der Waals surface area contributed by atoms with Crippen LogP contribution >= 0.6 is 11.3 Å². The van der Waals surface area contributed by atoms with Gasteiger partial charge in [0.1, 0.15) is 11.7 Å². The molecular weight excluding hydrogens is 296 g/mol. The average Bonchev–Trinajstić information content (AvgIpc) is 2.90. The molecule has 5 nitrogen and oxygen atoms in total. The second-order valence-electron chi connectivity index (χ2n) is 5.42. The van der Waals surface area contributed by atoms with Crippen molar-refractivity contribution in [2.75, 3.05) is 18.1 Å². The summed E-state index contributed by atoms with van der Waals surface area (Å²) >= 11 is 1.58. The summed E-state index contributed by atoms with van der Waals surface area (Å²) in [7, 11) is -3.06. The Labute approximate surface area is 122 Å². The van der Waals surface area contributed by atoms with Gasteiger partial charge in [0.25, 0.3) is 0 Å². The van der Waals surface area contributed by atoms with Crippen LogP contribution in [0.3, 0.4) is 0 Å². The van der Waals surface area contributed by atoms with E-state index in [0.717, 1.165) is 18.4 Å². The van der Waals surface area contributed by atoms with Crippen LogP contribution in [0.4, 0.5) is 0 Å². The first-order valence-electron chi connectivity index (χ1n) is 6.79. The van der Waals surface area contributed by atoms with Crippen LogP contribution in [0.5, 0.6) is 0 Å². The maximum absolute atomic E-state index is 12.5. The highest BCUT2D eigenvalue weighted by atomic mass is 32.2. The normalized spacial score (nSPS) is 24.6. The minimum Gasteiger partial charge on any atom is -0.320 e. The van der Waals surface area contributed by atoms with Gasteiger partial charge in [-0.05, 0) is 35.2 Å². The van der Waals surface area contributed by atoms with Gasteiger partial charge in [-0.2, -0.15) is 11.3 Å². The van der Waals surface area contributed by atoms with Crippen molar-refractivity contribution in [1.29, 1.82) is 0 Å². The molecule has 7 heteroatoms. The van der Waals surface area contributed by atoms with Gasteiger partial charge < -0.3 is 4.90 Å². The molecule has 110 valence electrons. The van der Waals surface area contributed by atoms with Crippen LogP contribution in [0.1, 0.15) is 31.5 Å². The Morgan fingerprint density at radius 2 is 2.25 bits per heavy atom. The van der Waals surface area contributed by atoms with Crippen LogP contribution in [0, 0.1) is 0 Å². The zero-order valence-corrected chi connectivity index (χ0v) is 13.0. The molecule has 1 atom stereocenters. The number of hydrogen-bond acceptors (Lipinski definition) is 5. The number of hydrogen-bond donors (Lipinski definition) is 1. The Kier molecular flexibility index (Phi) is 3.38. The molecule has 0 radical (unpaired) electrons. The van der Waals surface area contributed by atoms with Crippen LogP contribution in [0.2, 0.25) is 0 Å². The summed E-state index contributed by atoms with van der Waals surface area (Å²) in [5, 5.41) is 7.37. The third kappa shape index (κ3) is 2.38. The Hall–Kier alpha value is -0.920. The Balaban J connectivity index is 1.80. The van der Waals surface area contributed by atoms with Gasteiger partial charge in [-0.15, -0.1) is 0 Å². The average molecular weight is 314 g/mol. The molecule has 1 amide bonds. The van der Waals surface area contributed by atoms with Crippen molar-refractivity contribution in [2.45, 2.75) is 31.5 Å². The molecule has 1 aromatic heterocycles. The van der Waals surface area contributed by atoms with Crippen molar-refractivity contribution in [3.05, 3.63) is 22.4 Å². The standard InChI is InChI=1S/C13H18N2O3S2/c1-2-20(17,18)8-6-15-11(10-3-7-19-9-10)14-13(4-5-13)12(15)16/h3,7,9,11,14H,2,4-6,8H2,1H3. The van der Waals surface area contributed by atoms with Crippen LogP contribution in [0.25, 0.3) is 0 Å². The molecule has 1 aliphatic heterocycles. The van der Waals surface area contributed by atoms with Gasteiger partial charge in [-0.25, -0.2) is 8.42 Å². The fourth-order valence-electron chi connectivity index (χ4n) is 2.58. The van der Waals surface area contributed by atoms with E-state index in [0.29, 0.717) is 0 Å². The van der Waals surface area contributed by atoms with E-state index in [1.54, 1.807) is 23.2 Å². The number of sulfone groups is 1. The van der Waals surface area contributed by atoms with E-state index < -0.39 is 15.4 Å². The maximum atomic E-state index is 12.5. The van der Waals surface area contributed by atoms with Gasteiger partial charge in [0.15, 0.2) is 9.84 Å². The highest BCUT2D eigenvalue weighted by molar-refractivity contribution is 7.91.